The van der Waals surface area contributed by atoms with Gasteiger partial charge in [0, 0.05) is 12.0 Å². The van der Waals surface area contributed by atoms with E-state index in [1.807, 2.05) is 18.2 Å². The second-order valence-corrected chi connectivity index (χ2v) is 5.90. The van der Waals surface area contributed by atoms with E-state index >= 15 is 0 Å². The molecule has 0 spiro atoms. The number of ether oxygens (including phenoxy) is 1. The molecule has 1 aromatic carbocycles. The maximum atomic E-state index is 10.3. The zero-order valence-electron chi connectivity index (χ0n) is 11.6. The normalized spacial score (nSPS) is 16.1. The third-order valence-electron chi connectivity index (χ3n) is 4.12. The van der Waals surface area contributed by atoms with Crippen LogP contribution in [-0.2, 0) is 28.6 Å². The first-order chi connectivity index (χ1) is 10.2. The summed E-state index contributed by atoms with van der Waals surface area (Å²) in [6.07, 6.45) is 2.05. The zero-order chi connectivity index (χ0) is 14.9. The Morgan fingerprint density at radius 3 is 2.90 bits per heavy atom. The number of aliphatic hydroxyl groups excluding tert-OH is 1. The van der Waals surface area contributed by atoms with Crippen molar-refractivity contribution in [1.82, 2.24) is 9.55 Å². The summed E-state index contributed by atoms with van der Waals surface area (Å²) >= 11 is 6.00. The molecule has 1 heterocycles. The Kier molecular flexibility index (Phi) is 3.87. The van der Waals surface area contributed by atoms with E-state index < -0.39 is 0 Å². The molecule has 0 aliphatic heterocycles. The Hall–Kier alpha value is -1.59. The molecule has 0 amide bonds. The Balaban J connectivity index is 2.00. The van der Waals surface area contributed by atoms with Gasteiger partial charge in [-0.1, -0.05) is 6.07 Å². The van der Waals surface area contributed by atoms with E-state index in [0.29, 0.717) is 12.4 Å². The Bertz CT molecular complexity index is 664. The van der Waals surface area contributed by atoms with Crippen LogP contribution in [0.5, 0.6) is 0 Å². The van der Waals surface area contributed by atoms with Crippen LogP contribution >= 0.6 is 11.6 Å². The topological polar surface area (TPSA) is 64.3 Å². The van der Waals surface area contributed by atoms with E-state index in [-0.39, 0.29) is 18.6 Å². The fourth-order valence-corrected chi connectivity index (χ4v) is 2.80. The average Bonchev–Trinajstić information content (AvgIpc) is 3.21. The molecule has 1 saturated carbocycles. The number of fused-ring (bicyclic) bond motifs is 1. The van der Waals surface area contributed by atoms with Crippen molar-refractivity contribution in [2.24, 2.45) is 5.41 Å². The lowest BCUT2D eigenvalue weighted by Crippen LogP contribution is -2.17. The zero-order valence-corrected chi connectivity index (χ0v) is 12.3. The molecule has 6 heteroatoms. The van der Waals surface area contributed by atoms with E-state index in [1.54, 1.807) is 0 Å². The molecule has 0 radical (unpaired) electrons. The second kappa shape index (κ2) is 5.66. The molecule has 2 aromatic rings. The summed E-state index contributed by atoms with van der Waals surface area (Å²) in [5, 5.41) is 9.54. The molecule has 1 aliphatic carbocycles. The number of nitrogens with zero attached hydrogens (tertiary/aromatic N) is 2. The van der Waals surface area contributed by atoms with Crippen LogP contribution in [0.15, 0.2) is 18.2 Å². The molecule has 112 valence electrons. The average molecular weight is 309 g/mol. The largest absolute Gasteiger partial charge is 0.463 e. The van der Waals surface area contributed by atoms with Crippen molar-refractivity contribution in [3.05, 3.63) is 29.6 Å². The summed E-state index contributed by atoms with van der Waals surface area (Å²) in [6.45, 7) is 1.59. The minimum Gasteiger partial charge on any atom is -0.463 e. The van der Waals surface area contributed by atoms with E-state index in [4.69, 9.17) is 16.3 Å². The molecule has 0 saturated heterocycles. The monoisotopic (exact) mass is 308 g/mol. The van der Waals surface area contributed by atoms with Gasteiger partial charge in [-0.25, -0.2) is 4.98 Å². The van der Waals surface area contributed by atoms with Crippen LogP contribution in [-0.4, -0.2) is 27.7 Å². The van der Waals surface area contributed by atoms with Gasteiger partial charge in [-0.15, -0.1) is 11.6 Å². The van der Waals surface area contributed by atoms with E-state index in [0.717, 1.165) is 41.8 Å². The molecule has 1 fully saturated rings. The Morgan fingerprint density at radius 2 is 2.29 bits per heavy atom. The highest BCUT2D eigenvalue weighted by Crippen LogP contribution is 2.47. The molecule has 0 unspecified atom stereocenters. The van der Waals surface area contributed by atoms with Gasteiger partial charge in [0.1, 0.15) is 12.4 Å². The number of carbonyl (C=O) groups is 1. The number of rotatable bonds is 7. The molecule has 1 aromatic heterocycles. The maximum Gasteiger partial charge on any atom is 0.293 e. The van der Waals surface area contributed by atoms with Crippen molar-refractivity contribution in [2.45, 2.75) is 31.9 Å². The first kappa shape index (κ1) is 14.4. The van der Waals surface area contributed by atoms with Gasteiger partial charge in [0.05, 0.1) is 23.5 Å². The van der Waals surface area contributed by atoms with Crippen LogP contribution in [0.3, 0.4) is 0 Å². The van der Waals surface area contributed by atoms with E-state index in [9.17, 15) is 9.90 Å². The Morgan fingerprint density at radius 1 is 1.48 bits per heavy atom. The number of halogens is 1. The Labute approximate surface area is 127 Å². The van der Waals surface area contributed by atoms with Crippen molar-refractivity contribution < 1.29 is 14.6 Å². The van der Waals surface area contributed by atoms with Crippen LogP contribution in [0.4, 0.5) is 0 Å². The van der Waals surface area contributed by atoms with Crippen LogP contribution < -0.4 is 0 Å². The maximum absolute atomic E-state index is 10.3. The summed E-state index contributed by atoms with van der Waals surface area (Å²) in [7, 11) is 0. The van der Waals surface area contributed by atoms with Crippen molar-refractivity contribution >= 4 is 29.1 Å². The first-order valence-electron chi connectivity index (χ1n) is 6.91. The minimum absolute atomic E-state index is 0.0241. The van der Waals surface area contributed by atoms with Gasteiger partial charge in [0.2, 0.25) is 0 Å². The second-order valence-electron chi connectivity index (χ2n) is 5.64. The van der Waals surface area contributed by atoms with Gasteiger partial charge < -0.3 is 14.4 Å². The van der Waals surface area contributed by atoms with Crippen molar-refractivity contribution in [3.8, 4) is 0 Å². The molecule has 0 atom stereocenters. The number of benzene rings is 1. The predicted octanol–water partition coefficient (Wildman–Crippen LogP) is 2.22. The van der Waals surface area contributed by atoms with Gasteiger partial charge in [0.15, 0.2) is 0 Å². The first-order valence-corrected chi connectivity index (χ1v) is 7.45. The number of aliphatic hydroxyl groups is 1. The van der Waals surface area contributed by atoms with Gasteiger partial charge in [-0.05, 0) is 30.5 Å². The molecule has 1 aliphatic rings. The summed E-state index contributed by atoms with van der Waals surface area (Å²) in [6, 6.07) is 5.76. The molecule has 1 N–H and O–H groups in total. The lowest BCUT2D eigenvalue weighted by atomic mass is 10.1. The van der Waals surface area contributed by atoms with Gasteiger partial charge in [-0.2, -0.15) is 0 Å². The molecular formula is C15H17ClN2O3. The number of hydrogen-bond acceptors (Lipinski definition) is 4. The minimum atomic E-state index is -0.0241. The summed E-state index contributed by atoms with van der Waals surface area (Å²) in [4.78, 5) is 14.8. The number of imidazole rings is 1. The lowest BCUT2D eigenvalue weighted by Gasteiger charge is -2.15. The quantitative estimate of drug-likeness (QED) is 0.629. The van der Waals surface area contributed by atoms with Gasteiger partial charge >= 0.3 is 0 Å². The summed E-state index contributed by atoms with van der Waals surface area (Å²) in [5.74, 6) is 1.14. The van der Waals surface area contributed by atoms with Crippen LogP contribution in [0.1, 0.15) is 24.2 Å². The van der Waals surface area contributed by atoms with E-state index in [1.165, 1.54) is 0 Å². The number of carbonyl (C=O) groups excluding carboxylic acids is 1. The summed E-state index contributed by atoms with van der Waals surface area (Å²) < 4.78 is 6.88. The fourth-order valence-electron chi connectivity index (χ4n) is 2.60. The SMILES string of the molecule is O=COCc1ccc2nc(CCl)n(CC3(CO)CC3)c2c1. The molecule has 5 nitrogen and oxygen atoms in total. The number of aromatic nitrogens is 2. The highest BCUT2D eigenvalue weighted by Gasteiger charge is 2.42. The number of alkyl halides is 1. The molecule has 0 bridgehead atoms. The van der Waals surface area contributed by atoms with Crippen molar-refractivity contribution in [2.75, 3.05) is 6.61 Å². The lowest BCUT2D eigenvalue weighted by molar-refractivity contribution is -0.129. The van der Waals surface area contributed by atoms with Crippen molar-refractivity contribution in [3.63, 3.8) is 0 Å². The highest BCUT2D eigenvalue weighted by atomic mass is 35.5. The van der Waals surface area contributed by atoms with Crippen LogP contribution in [0.25, 0.3) is 11.0 Å². The smallest absolute Gasteiger partial charge is 0.293 e. The van der Waals surface area contributed by atoms with Gasteiger partial charge in [0.25, 0.3) is 6.47 Å². The van der Waals surface area contributed by atoms with Gasteiger partial charge in [-0.3, -0.25) is 4.79 Å². The third-order valence-corrected chi connectivity index (χ3v) is 4.35. The molecule has 21 heavy (non-hydrogen) atoms. The molecule has 3 rings (SSSR count). The van der Waals surface area contributed by atoms with Crippen LogP contribution in [0, 0.1) is 5.41 Å². The highest BCUT2D eigenvalue weighted by molar-refractivity contribution is 6.16. The predicted molar refractivity (Wildman–Crippen MR) is 78.9 cm³/mol. The summed E-state index contributed by atoms with van der Waals surface area (Å²) in [5.41, 5.74) is 2.72. The van der Waals surface area contributed by atoms with Crippen molar-refractivity contribution in [1.29, 1.82) is 0 Å². The standard InChI is InChI=1S/C15H17ClN2O3/c16-6-14-17-12-2-1-11(7-21-10-20)5-13(12)18(14)8-15(9-19)3-4-15/h1-2,5,10,19H,3-4,6-9H2. The van der Waals surface area contributed by atoms with E-state index in [2.05, 4.69) is 9.55 Å². The molecular weight excluding hydrogens is 292 g/mol. The van der Waals surface area contributed by atoms with Crippen LogP contribution in [0.2, 0.25) is 0 Å². The fraction of sp³-hybridized carbons (Fsp3) is 0.467. The third kappa shape index (κ3) is 2.76. The number of hydrogen-bond donors (Lipinski definition) is 1.